The van der Waals surface area contributed by atoms with Gasteiger partial charge >= 0.3 is 5.97 Å². The first-order valence-electron chi connectivity index (χ1n) is 8.40. The van der Waals surface area contributed by atoms with Crippen molar-refractivity contribution in [1.82, 2.24) is 19.7 Å². The Morgan fingerprint density at radius 1 is 1.24 bits per heavy atom. The minimum atomic E-state index is -0.647. The molecule has 0 bridgehead atoms. The molecule has 0 saturated carbocycles. The average molecular weight is 475 g/mol. The average Bonchev–Trinajstić information content (AvgIpc) is 3.35. The van der Waals surface area contributed by atoms with Crippen LogP contribution in [0.25, 0.3) is 16.6 Å². The van der Waals surface area contributed by atoms with Gasteiger partial charge in [-0.15, -0.1) is 0 Å². The lowest BCUT2D eigenvalue weighted by Crippen LogP contribution is -2.22. The molecule has 10 heteroatoms. The number of H-pyrrole nitrogens is 1. The molecule has 0 atom stereocenters. The lowest BCUT2D eigenvalue weighted by molar-refractivity contribution is -0.119. The van der Waals surface area contributed by atoms with Gasteiger partial charge in [-0.1, -0.05) is 29.8 Å². The highest BCUT2D eigenvalue weighted by atomic mass is 79.9. The van der Waals surface area contributed by atoms with E-state index in [1.807, 2.05) is 24.3 Å². The molecule has 0 saturated heterocycles. The van der Waals surface area contributed by atoms with Crippen LogP contribution in [0.4, 0.5) is 5.69 Å². The number of hydrogen-bond acceptors (Lipinski definition) is 5. The number of nitrogens with zero attached hydrogens (tertiary/aromatic N) is 3. The molecule has 1 amide bonds. The van der Waals surface area contributed by atoms with Crippen molar-refractivity contribution in [3.8, 4) is 5.69 Å². The number of aromatic nitrogens is 4. The zero-order valence-corrected chi connectivity index (χ0v) is 17.1. The van der Waals surface area contributed by atoms with E-state index in [1.54, 1.807) is 18.2 Å². The Morgan fingerprint density at radius 3 is 2.83 bits per heavy atom. The molecule has 2 heterocycles. The minimum Gasteiger partial charge on any atom is -0.451 e. The van der Waals surface area contributed by atoms with Crippen molar-refractivity contribution < 1.29 is 14.3 Å². The van der Waals surface area contributed by atoms with E-state index in [0.29, 0.717) is 20.9 Å². The van der Waals surface area contributed by atoms with E-state index >= 15 is 0 Å². The SMILES string of the molecule is O=C(COC(=O)c1[nH]c2ccccc2c1Br)Nc1cc(Cl)ccc1-n1cncn1. The summed E-state index contributed by atoms with van der Waals surface area (Å²) in [5.41, 5.74) is 2.01. The molecular weight excluding hydrogens is 462 g/mol. The van der Waals surface area contributed by atoms with Gasteiger partial charge in [0.2, 0.25) is 0 Å². The van der Waals surface area contributed by atoms with Crippen LogP contribution in [0.2, 0.25) is 5.02 Å². The van der Waals surface area contributed by atoms with E-state index in [2.05, 4.69) is 36.3 Å². The Morgan fingerprint density at radius 2 is 2.07 bits per heavy atom. The number of para-hydroxylation sites is 1. The molecule has 2 aromatic carbocycles. The van der Waals surface area contributed by atoms with E-state index in [4.69, 9.17) is 16.3 Å². The zero-order chi connectivity index (χ0) is 20.4. The number of rotatable bonds is 5. The third kappa shape index (κ3) is 4.01. The highest BCUT2D eigenvalue weighted by Gasteiger charge is 2.19. The van der Waals surface area contributed by atoms with Crippen LogP contribution in [0.1, 0.15) is 10.5 Å². The fraction of sp³-hybridized carbons (Fsp3) is 0.0526. The summed E-state index contributed by atoms with van der Waals surface area (Å²) >= 11 is 9.42. The van der Waals surface area contributed by atoms with Crippen molar-refractivity contribution in [2.75, 3.05) is 11.9 Å². The number of amides is 1. The highest BCUT2D eigenvalue weighted by Crippen LogP contribution is 2.28. The maximum atomic E-state index is 12.4. The lowest BCUT2D eigenvalue weighted by atomic mass is 10.2. The molecule has 2 aromatic heterocycles. The van der Waals surface area contributed by atoms with Crippen LogP contribution in [-0.2, 0) is 9.53 Å². The van der Waals surface area contributed by atoms with Gasteiger partial charge in [-0.05, 0) is 40.2 Å². The summed E-state index contributed by atoms with van der Waals surface area (Å²) in [6.45, 7) is -0.468. The normalized spacial score (nSPS) is 10.8. The number of ether oxygens (including phenoxy) is 1. The molecule has 0 aliphatic carbocycles. The van der Waals surface area contributed by atoms with Crippen molar-refractivity contribution in [2.24, 2.45) is 0 Å². The van der Waals surface area contributed by atoms with Gasteiger partial charge in [0.15, 0.2) is 6.61 Å². The molecule has 8 nitrogen and oxygen atoms in total. The van der Waals surface area contributed by atoms with Crippen molar-refractivity contribution in [2.45, 2.75) is 0 Å². The topological polar surface area (TPSA) is 102 Å². The second-order valence-corrected chi connectivity index (χ2v) is 7.21. The maximum absolute atomic E-state index is 12.4. The quantitative estimate of drug-likeness (QED) is 0.426. The third-order valence-corrected chi connectivity index (χ3v) is 5.14. The van der Waals surface area contributed by atoms with Gasteiger partial charge in [0.25, 0.3) is 5.91 Å². The van der Waals surface area contributed by atoms with Crippen LogP contribution in [-0.4, -0.2) is 38.2 Å². The predicted molar refractivity (Wildman–Crippen MR) is 111 cm³/mol. The van der Waals surface area contributed by atoms with E-state index in [9.17, 15) is 9.59 Å². The Hall–Kier alpha value is -3.17. The Labute approximate surface area is 178 Å². The van der Waals surface area contributed by atoms with Gasteiger partial charge in [-0.25, -0.2) is 14.5 Å². The third-order valence-electron chi connectivity index (χ3n) is 4.08. The number of fused-ring (bicyclic) bond motifs is 1. The van der Waals surface area contributed by atoms with Crippen LogP contribution in [0, 0.1) is 0 Å². The number of anilines is 1. The largest absolute Gasteiger partial charge is 0.451 e. The fourth-order valence-corrected chi connectivity index (χ4v) is 3.56. The van der Waals surface area contributed by atoms with Crippen LogP contribution in [0.5, 0.6) is 0 Å². The highest BCUT2D eigenvalue weighted by molar-refractivity contribution is 9.10. The summed E-state index contributed by atoms with van der Waals surface area (Å²) in [5, 5.41) is 8.00. The van der Waals surface area contributed by atoms with Gasteiger partial charge < -0.3 is 15.0 Å². The molecular formula is C19H13BrClN5O3. The van der Waals surface area contributed by atoms with E-state index < -0.39 is 18.5 Å². The number of benzene rings is 2. The molecule has 0 fully saturated rings. The summed E-state index contributed by atoms with van der Waals surface area (Å²) in [4.78, 5) is 31.6. The summed E-state index contributed by atoms with van der Waals surface area (Å²) in [7, 11) is 0. The van der Waals surface area contributed by atoms with Crippen molar-refractivity contribution in [3.05, 3.63) is 70.3 Å². The van der Waals surface area contributed by atoms with E-state index in [1.165, 1.54) is 17.3 Å². The number of esters is 1. The van der Waals surface area contributed by atoms with Crippen LogP contribution in [0.15, 0.2) is 59.6 Å². The molecule has 0 aliphatic rings. The first-order chi connectivity index (χ1) is 14.0. The number of carbonyl (C=O) groups is 2. The standard InChI is InChI=1S/C19H13BrClN5O3/c20-17-12-3-1-2-4-13(12)25-18(17)19(28)29-8-16(27)24-14-7-11(21)5-6-15(14)26-10-22-9-23-26/h1-7,9-10,25H,8H2,(H,24,27). The van der Waals surface area contributed by atoms with Gasteiger partial charge in [0, 0.05) is 15.9 Å². The lowest BCUT2D eigenvalue weighted by Gasteiger charge is -2.11. The van der Waals surface area contributed by atoms with E-state index in [0.717, 1.165) is 10.9 Å². The van der Waals surface area contributed by atoms with Crippen molar-refractivity contribution in [1.29, 1.82) is 0 Å². The zero-order valence-electron chi connectivity index (χ0n) is 14.7. The molecule has 0 spiro atoms. The minimum absolute atomic E-state index is 0.241. The van der Waals surface area contributed by atoms with Crippen molar-refractivity contribution in [3.63, 3.8) is 0 Å². The Kier molecular flexibility index (Phi) is 5.32. The first kappa shape index (κ1) is 19.2. The molecule has 0 radical (unpaired) electrons. The molecule has 4 aromatic rings. The molecule has 4 rings (SSSR count). The second kappa shape index (κ2) is 8.06. The Balaban J connectivity index is 1.46. The molecule has 0 aliphatic heterocycles. The smallest absolute Gasteiger partial charge is 0.356 e. The van der Waals surface area contributed by atoms with Crippen LogP contribution >= 0.6 is 27.5 Å². The molecule has 2 N–H and O–H groups in total. The summed E-state index contributed by atoms with van der Waals surface area (Å²) < 4.78 is 7.22. The van der Waals surface area contributed by atoms with Crippen LogP contribution < -0.4 is 5.32 Å². The fourth-order valence-electron chi connectivity index (χ4n) is 2.78. The summed E-state index contributed by atoms with van der Waals surface area (Å²) in [6, 6.07) is 12.4. The number of hydrogen-bond donors (Lipinski definition) is 2. The molecule has 0 unspecified atom stereocenters. The van der Waals surface area contributed by atoms with Gasteiger partial charge in [-0.3, -0.25) is 4.79 Å². The Bertz CT molecular complexity index is 1210. The summed E-state index contributed by atoms with van der Waals surface area (Å²) in [6.07, 6.45) is 2.87. The van der Waals surface area contributed by atoms with E-state index in [-0.39, 0.29) is 5.69 Å². The van der Waals surface area contributed by atoms with Gasteiger partial charge in [-0.2, -0.15) is 5.10 Å². The molecule has 29 heavy (non-hydrogen) atoms. The van der Waals surface area contributed by atoms with Gasteiger partial charge in [0.05, 0.1) is 15.8 Å². The maximum Gasteiger partial charge on any atom is 0.356 e. The van der Waals surface area contributed by atoms with Crippen molar-refractivity contribution >= 4 is 56.0 Å². The monoisotopic (exact) mass is 473 g/mol. The first-order valence-corrected chi connectivity index (χ1v) is 9.58. The number of nitrogens with one attached hydrogen (secondary N) is 2. The second-order valence-electron chi connectivity index (χ2n) is 5.99. The summed E-state index contributed by atoms with van der Waals surface area (Å²) in [5.74, 6) is -1.17. The van der Waals surface area contributed by atoms with Gasteiger partial charge in [0.1, 0.15) is 18.3 Å². The van der Waals surface area contributed by atoms with Crippen LogP contribution in [0.3, 0.4) is 0 Å². The number of aromatic amines is 1. The number of carbonyl (C=O) groups excluding carboxylic acids is 2. The predicted octanol–water partition coefficient (Wildman–Crippen LogP) is 3.96. The number of halogens is 2. The molecule has 146 valence electrons.